The SMILES string of the molecule is OCCc1ccc2cc(-c3cnccn3)ccc2c1. The van der Waals surface area contributed by atoms with E-state index in [1.165, 1.54) is 10.8 Å². The van der Waals surface area contributed by atoms with Crippen LogP contribution in [0.1, 0.15) is 5.56 Å². The molecule has 2 aromatic carbocycles. The molecule has 19 heavy (non-hydrogen) atoms. The van der Waals surface area contributed by atoms with Gasteiger partial charge in [-0.25, -0.2) is 0 Å². The van der Waals surface area contributed by atoms with Crippen molar-refractivity contribution in [1.82, 2.24) is 9.97 Å². The van der Waals surface area contributed by atoms with Crippen molar-refractivity contribution in [1.29, 1.82) is 0 Å². The summed E-state index contributed by atoms with van der Waals surface area (Å²) in [7, 11) is 0. The van der Waals surface area contributed by atoms with E-state index >= 15 is 0 Å². The highest BCUT2D eigenvalue weighted by molar-refractivity contribution is 5.87. The molecule has 3 rings (SSSR count). The summed E-state index contributed by atoms with van der Waals surface area (Å²) in [6.45, 7) is 0.184. The maximum absolute atomic E-state index is 8.97. The van der Waals surface area contributed by atoms with Crippen LogP contribution in [0, 0.1) is 0 Å². The number of hydrogen-bond donors (Lipinski definition) is 1. The Bertz CT molecular complexity index is 695. The van der Waals surface area contributed by atoms with Gasteiger partial charge in [-0.2, -0.15) is 0 Å². The van der Waals surface area contributed by atoms with Crippen LogP contribution in [0.5, 0.6) is 0 Å². The van der Waals surface area contributed by atoms with Gasteiger partial charge in [0.25, 0.3) is 0 Å². The Labute approximate surface area is 111 Å². The van der Waals surface area contributed by atoms with Gasteiger partial charge < -0.3 is 5.11 Å². The predicted octanol–water partition coefficient (Wildman–Crippen LogP) is 2.83. The zero-order valence-electron chi connectivity index (χ0n) is 10.5. The van der Waals surface area contributed by atoms with E-state index in [1.807, 2.05) is 0 Å². The fraction of sp³-hybridized carbons (Fsp3) is 0.125. The molecule has 0 amide bonds. The van der Waals surface area contributed by atoms with Crippen molar-refractivity contribution in [2.24, 2.45) is 0 Å². The van der Waals surface area contributed by atoms with Crippen molar-refractivity contribution >= 4 is 10.8 Å². The first kappa shape index (κ1) is 11.8. The lowest BCUT2D eigenvalue weighted by molar-refractivity contribution is 0.299. The summed E-state index contributed by atoms with van der Waals surface area (Å²) in [5, 5.41) is 11.3. The van der Waals surface area contributed by atoms with Gasteiger partial charge >= 0.3 is 0 Å². The van der Waals surface area contributed by atoms with Gasteiger partial charge in [-0.15, -0.1) is 0 Å². The summed E-state index contributed by atoms with van der Waals surface area (Å²) >= 11 is 0. The average molecular weight is 250 g/mol. The third kappa shape index (κ3) is 2.46. The largest absolute Gasteiger partial charge is 0.396 e. The summed E-state index contributed by atoms with van der Waals surface area (Å²) in [4.78, 5) is 8.40. The summed E-state index contributed by atoms with van der Waals surface area (Å²) in [6.07, 6.45) is 5.83. The molecule has 1 heterocycles. The third-order valence-corrected chi connectivity index (χ3v) is 3.16. The molecule has 0 aliphatic rings. The summed E-state index contributed by atoms with van der Waals surface area (Å²) in [5.41, 5.74) is 3.10. The molecule has 1 N–H and O–H groups in total. The third-order valence-electron chi connectivity index (χ3n) is 3.16. The van der Waals surface area contributed by atoms with E-state index in [0.717, 1.165) is 16.8 Å². The van der Waals surface area contributed by atoms with Crippen LogP contribution in [-0.4, -0.2) is 21.7 Å². The van der Waals surface area contributed by atoms with E-state index in [0.29, 0.717) is 6.42 Å². The molecule has 0 saturated carbocycles. The van der Waals surface area contributed by atoms with Gasteiger partial charge in [-0.3, -0.25) is 9.97 Å². The number of rotatable bonds is 3. The van der Waals surface area contributed by atoms with E-state index in [9.17, 15) is 0 Å². The van der Waals surface area contributed by atoms with E-state index in [-0.39, 0.29) is 6.61 Å². The lowest BCUT2D eigenvalue weighted by Crippen LogP contribution is -1.90. The zero-order chi connectivity index (χ0) is 13.1. The van der Waals surface area contributed by atoms with Gasteiger partial charge in [0.2, 0.25) is 0 Å². The zero-order valence-corrected chi connectivity index (χ0v) is 10.5. The number of benzene rings is 2. The molecule has 0 bridgehead atoms. The highest BCUT2D eigenvalue weighted by Crippen LogP contribution is 2.23. The molecule has 0 aliphatic carbocycles. The second kappa shape index (κ2) is 5.16. The van der Waals surface area contributed by atoms with Crippen LogP contribution in [0.2, 0.25) is 0 Å². The number of aliphatic hydroxyl groups excluding tert-OH is 1. The second-order valence-electron chi connectivity index (χ2n) is 4.46. The fourth-order valence-electron chi connectivity index (χ4n) is 2.19. The maximum Gasteiger partial charge on any atom is 0.0885 e. The molecule has 3 heteroatoms. The van der Waals surface area contributed by atoms with Crippen LogP contribution in [0.15, 0.2) is 55.0 Å². The highest BCUT2D eigenvalue weighted by Gasteiger charge is 2.02. The van der Waals surface area contributed by atoms with E-state index < -0.39 is 0 Å². The Hall–Kier alpha value is -2.26. The molecule has 3 aromatic rings. The van der Waals surface area contributed by atoms with Gasteiger partial charge in [0.05, 0.1) is 11.9 Å². The summed E-state index contributed by atoms with van der Waals surface area (Å²) < 4.78 is 0. The molecule has 0 aliphatic heterocycles. The molecular weight excluding hydrogens is 236 g/mol. The fourth-order valence-corrected chi connectivity index (χ4v) is 2.19. The van der Waals surface area contributed by atoms with Gasteiger partial charge in [0, 0.05) is 24.6 Å². The van der Waals surface area contributed by atoms with Crippen LogP contribution in [0.3, 0.4) is 0 Å². The van der Waals surface area contributed by atoms with Crippen molar-refractivity contribution in [3.63, 3.8) is 0 Å². The predicted molar refractivity (Wildman–Crippen MR) is 75.8 cm³/mol. The number of aliphatic hydroxyl groups is 1. The van der Waals surface area contributed by atoms with E-state index in [4.69, 9.17) is 5.11 Å². The summed E-state index contributed by atoms with van der Waals surface area (Å²) in [6, 6.07) is 12.5. The number of hydrogen-bond acceptors (Lipinski definition) is 3. The van der Waals surface area contributed by atoms with Crippen LogP contribution in [0.25, 0.3) is 22.0 Å². The summed E-state index contributed by atoms with van der Waals surface area (Å²) in [5.74, 6) is 0. The number of aromatic nitrogens is 2. The lowest BCUT2D eigenvalue weighted by atomic mass is 10.0. The van der Waals surface area contributed by atoms with Crippen molar-refractivity contribution in [3.8, 4) is 11.3 Å². The molecule has 0 spiro atoms. The van der Waals surface area contributed by atoms with Gasteiger partial charge in [0.15, 0.2) is 0 Å². The molecule has 3 nitrogen and oxygen atoms in total. The van der Waals surface area contributed by atoms with Crippen molar-refractivity contribution < 1.29 is 5.11 Å². The Balaban J connectivity index is 2.05. The Morgan fingerprint density at radius 2 is 1.79 bits per heavy atom. The van der Waals surface area contributed by atoms with Crippen molar-refractivity contribution in [2.75, 3.05) is 6.61 Å². The Morgan fingerprint density at radius 3 is 2.58 bits per heavy atom. The van der Waals surface area contributed by atoms with E-state index in [2.05, 4.69) is 46.4 Å². The maximum atomic E-state index is 8.97. The second-order valence-corrected chi connectivity index (χ2v) is 4.46. The molecule has 94 valence electrons. The van der Waals surface area contributed by atoms with Crippen LogP contribution in [-0.2, 0) is 6.42 Å². The number of nitrogens with zero attached hydrogens (tertiary/aromatic N) is 2. The highest BCUT2D eigenvalue weighted by atomic mass is 16.2. The molecule has 1 aromatic heterocycles. The normalized spacial score (nSPS) is 10.8. The molecule has 0 unspecified atom stereocenters. The minimum absolute atomic E-state index is 0.184. The Kier molecular flexibility index (Phi) is 3.21. The van der Waals surface area contributed by atoms with Gasteiger partial charge in [0.1, 0.15) is 0 Å². The van der Waals surface area contributed by atoms with E-state index in [1.54, 1.807) is 18.6 Å². The standard InChI is InChI=1S/C16H14N2O/c19-8-5-12-1-2-14-10-15(4-3-13(14)9-12)16-11-17-6-7-18-16/h1-4,6-7,9-11,19H,5,8H2. The molecule has 0 saturated heterocycles. The quantitative estimate of drug-likeness (QED) is 0.777. The molecule has 0 atom stereocenters. The molecular formula is C16H14N2O. The first-order chi connectivity index (χ1) is 9.36. The Morgan fingerprint density at radius 1 is 0.947 bits per heavy atom. The average Bonchev–Trinajstić information content (AvgIpc) is 2.48. The van der Waals surface area contributed by atoms with Crippen LogP contribution < -0.4 is 0 Å². The topological polar surface area (TPSA) is 46.0 Å². The van der Waals surface area contributed by atoms with Crippen LogP contribution in [0.4, 0.5) is 0 Å². The number of fused-ring (bicyclic) bond motifs is 1. The van der Waals surface area contributed by atoms with Crippen LogP contribution >= 0.6 is 0 Å². The lowest BCUT2D eigenvalue weighted by Gasteiger charge is -2.05. The molecule has 0 radical (unpaired) electrons. The first-order valence-corrected chi connectivity index (χ1v) is 6.27. The minimum Gasteiger partial charge on any atom is -0.396 e. The minimum atomic E-state index is 0.184. The van der Waals surface area contributed by atoms with Gasteiger partial charge in [-0.05, 0) is 28.8 Å². The first-order valence-electron chi connectivity index (χ1n) is 6.27. The smallest absolute Gasteiger partial charge is 0.0885 e. The molecule has 0 fully saturated rings. The van der Waals surface area contributed by atoms with Crippen molar-refractivity contribution in [3.05, 3.63) is 60.6 Å². The monoisotopic (exact) mass is 250 g/mol. The van der Waals surface area contributed by atoms with Gasteiger partial charge in [-0.1, -0.05) is 30.3 Å². The van der Waals surface area contributed by atoms with Crippen molar-refractivity contribution in [2.45, 2.75) is 6.42 Å².